The smallest absolute Gasteiger partial charge is 0.104 e. The number of nitrogen functional groups attached to an aromatic ring is 1. The van der Waals surface area contributed by atoms with Gasteiger partial charge in [-0.15, -0.1) is 22.7 Å². The van der Waals surface area contributed by atoms with Crippen LogP contribution >= 0.6 is 38.6 Å². The molecule has 0 fully saturated rings. The summed E-state index contributed by atoms with van der Waals surface area (Å²) in [5, 5.41) is 11.4. The molecule has 0 unspecified atom stereocenters. The number of anilines is 1. The minimum atomic E-state index is 0.587. The van der Waals surface area contributed by atoms with Gasteiger partial charge in [0.15, 0.2) is 0 Å². The van der Waals surface area contributed by atoms with Crippen molar-refractivity contribution in [1.29, 1.82) is 5.26 Å². The van der Waals surface area contributed by atoms with Gasteiger partial charge in [-0.05, 0) is 28.1 Å². The van der Waals surface area contributed by atoms with Crippen LogP contribution in [0, 0.1) is 11.3 Å². The molecule has 0 aliphatic rings. The molecule has 0 aliphatic heterocycles. The van der Waals surface area contributed by atoms with Gasteiger partial charge in [0.05, 0.1) is 9.35 Å². The first-order valence-electron chi connectivity index (χ1n) is 3.75. The number of thiophene rings is 2. The fraction of sp³-hybridized carbons (Fsp3) is 0. The Morgan fingerprint density at radius 3 is 2.79 bits per heavy atom. The number of nitrogens with two attached hydrogens (primary N) is 1. The lowest BCUT2D eigenvalue weighted by atomic mass is 10.2. The van der Waals surface area contributed by atoms with Gasteiger partial charge in [0.2, 0.25) is 0 Å². The Morgan fingerprint density at radius 2 is 2.21 bits per heavy atom. The molecule has 14 heavy (non-hydrogen) atoms. The summed E-state index contributed by atoms with van der Waals surface area (Å²) < 4.78 is 1.06. The van der Waals surface area contributed by atoms with Crippen LogP contribution in [0.25, 0.3) is 10.4 Å². The number of nitriles is 1. The summed E-state index contributed by atoms with van der Waals surface area (Å²) in [5.41, 5.74) is 7.21. The number of hydrogen-bond donors (Lipinski definition) is 1. The molecule has 0 bridgehead atoms. The van der Waals surface area contributed by atoms with Crippen molar-refractivity contribution in [2.75, 3.05) is 5.73 Å². The molecule has 2 nitrogen and oxygen atoms in total. The van der Waals surface area contributed by atoms with Gasteiger partial charge in [-0.1, -0.05) is 0 Å². The molecule has 2 aromatic rings. The molecule has 0 saturated carbocycles. The molecule has 0 spiro atoms. The average molecular weight is 285 g/mol. The Morgan fingerprint density at radius 1 is 1.43 bits per heavy atom. The largest absolute Gasteiger partial charge is 0.389 e. The van der Waals surface area contributed by atoms with E-state index in [1.807, 2.05) is 17.5 Å². The minimum Gasteiger partial charge on any atom is -0.389 e. The summed E-state index contributed by atoms with van der Waals surface area (Å²) in [5.74, 6) is 0. The molecular formula is C9H5BrN2S2. The SMILES string of the molecule is N#Cc1c(-c2ccc(Br)s2)csc1N. The van der Waals surface area contributed by atoms with Crippen LogP contribution in [0.5, 0.6) is 0 Å². The van der Waals surface area contributed by atoms with Crippen LogP contribution in [-0.2, 0) is 0 Å². The van der Waals surface area contributed by atoms with Crippen LogP contribution in [0.1, 0.15) is 5.56 Å². The second-order valence-electron chi connectivity index (χ2n) is 2.60. The lowest BCUT2D eigenvalue weighted by Gasteiger charge is -1.92. The molecule has 2 N–H and O–H groups in total. The lowest BCUT2D eigenvalue weighted by molar-refractivity contribution is 1.51. The van der Waals surface area contributed by atoms with E-state index < -0.39 is 0 Å². The van der Waals surface area contributed by atoms with Crippen molar-refractivity contribution in [1.82, 2.24) is 0 Å². The van der Waals surface area contributed by atoms with Crippen LogP contribution in [0.2, 0.25) is 0 Å². The molecule has 0 aromatic carbocycles. The highest BCUT2D eigenvalue weighted by molar-refractivity contribution is 9.11. The molecule has 5 heteroatoms. The molecule has 2 aromatic heterocycles. The Bertz CT molecular complexity index is 507. The average Bonchev–Trinajstić information content (AvgIpc) is 2.71. The topological polar surface area (TPSA) is 49.8 Å². The van der Waals surface area contributed by atoms with Crippen LogP contribution in [0.15, 0.2) is 21.3 Å². The first kappa shape index (κ1) is 9.71. The molecule has 0 atom stereocenters. The van der Waals surface area contributed by atoms with Crippen molar-refractivity contribution in [3.63, 3.8) is 0 Å². The van der Waals surface area contributed by atoms with Crippen molar-refractivity contribution in [2.24, 2.45) is 0 Å². The molecular weight excluding hydrogens is 280 g/mol. The van der Waals surface area contributed by atoms with E-state index in [2.05, 4.69) is 22.0 Å². The first-order valence-corrected chi connectivity index (χ1v) is 6.24. The summed E-state index contributed by atoms with van der Waals surface area (Å²) in [6.07, 6.45) is 0. The Kier molecular flexibility index (Phi) is 2.59. The van der Waals surface area contributed by atoms with Crippen LogP contribution in [0.3, 0.4) is 0 Å². The van der Waals surface area contributed by atoms with Crippen LogP contribution in [0.4, 0.5) is 5.00 Å². The van der Waals surface area contributed by atoms with Gasteiger partial charge in [0.25, 0.3) is 0 Å². The van der Waals surface area contributed by atoms with Gasteiger partial charge >= 0.3 is 0 Å². The van der Waals surface area contributed by atoms with Gasteiger partial charge in [-0.3, -0.25) is 0 Å². The standard InChI is InChI=1S/C9H5BrN2S2/c10-8-2-1-7(14-8)6-4-13-9(12)5(6)3-11/h1-2,4H,12H2. The van der Waals surface area contributed by atoms with Crippen molar-refractivity contribution < 1.29 is 0 Å². The van der Waals surface area contributed by atoms with Gasteiger partial charge < -0.3 is 5.73 Å². The van der Waals surface area contributed by atoms with Gasteiger partial charge in [0.1, 0.15) is 11.1 Å². The molecule has 0 saturated heterocycles. The van der Waals surface area contributed by atoms with E-state index in [1.54, 1.807) is 11.3 Å². The van der Waals surface area contributed by atoms with Gasteiger partial charge in [-0.2, -0.15) is 5.26 Å². The van der Waals surface area contributed by atoms with Crippen molar-refractivity contribution in [3.05, 3.63) is 26.9 Å². The fourth-order valence-electron chi connectivity index (χ4n) is 1.13. The van der Waals surface area contributed by atoms with Crippen molar-refractivity contribution >= 4 is 43.6 Å². The summed E-state index contributed by atoms with van der Waals surface area (Å²) in [6.45, 7) is 0. The van der Waals surface area contributed by atoms with Gasteiger partial charge in [0, 0.05) is 15.8 Å². The van der Waals surface area contributed by atoms with E-state index in [0.717, 1.165) is 14.2 Å². The highest BCUT2D eigenvalue weighted by Gasteiger charge is 2.12. The number of rotatable bonds is 1. The minimum absolute atomic E-state index is 0.587. The molecule has 70 valence electrons. The second kappa shape index (κ2) is 3.73. The molecule has 2 rings (SSSR count). The number of nitrogens with zero attached hydrogens (tertiary/aromatic N) is 1. The Balaban J connectivity index is 2.58. The highest BCUT2D eigenvalue weighted by atomic mass is 79.9. The molecule has 0 aliphatic carbocycles. The first-order chi connectivity index (χ1) is 6.72. The summed E-state index contributed by atoms with van der Waals surface area (Å²) in [7, 11) is 0. The maximum absolute atomic E-state index is 8.93. The Labute approximate surface area is 97.7 Å². The normalized spacial score (nSPS) is 10.0. The third kappa shape index (κ3) is 1.57. The monoisotopic (exact) mass is 284 g/mol. The third-order valence-corrected chi connectivity index (χ3v) is 4.24. The van der Waals surface area contributed by atoms with Crippen LogP contribution < -0.4 is 5.73 Å². The third-order valence-electron chi connectivity index (χ3n) is 1.77. The molecule has 2 heterocycles. The predicted octanol–water partition coefficient (Wildman–Crippen LogP) is 3.69. The second-order valence-corrected chi connectivity index (χ2v) is 5.98. The van der Waals surface area contributed by atoms with Crippen molar-refractivity contribution in [2.45, 2.75) is 0 Å². The van der Waals surface area contributed by atoms with E-state index in [0.29, 0.717) is 10.6 Å². The van der Waals surface area contributed by atoms with E-state index in [4.69, 9.17) is 11.0 Å². The van der Waals surface area contributed by atoms with E-state index in [9.17, 15) is 0 Å². The Hall–Kier alpha value is -0.830. The zero-order valence-electron chi connectivity index (χ0n) is 6.95. The zero-order valence-corrected chi connectivity index (χ0v) is 10.2. The van der Waals surface area contributed by atoms with E-state index in [1.165, 1.54) is 11.3 Å². The zero-order chi connectivity index (χ0) is 10.1. The maximum Gasteiger partial charge on any atom is 0.104 e. The fourth-order valence-corrected chi connectivity index (χ4v) is 3.37. The van der Waals surface area contributed by atoms with Gasteiger partial charge in [-0.25, -0.2) is 0 Å². The molecule has 0 radical (unpaired) electrons. The van der Waals surface area contributed by atoms with Crippen LogP contribution in [-0.4, -0.2) is 0 Å². The predicted molar refractivity (Wildman–Crippen MR) is 64.5 cm³/mol. The van der Waals surface area contributed by atoms with E-state index >= 15 is 0 Å². The quantitative estimate of drug-likeness (QED) is 0.868. The summed E-state index contributed by atoms with van der Waals surface area (Å²) in [4.78, 5) is 1.07. The molecule has 0 amide bonds. The van der Waals surface area contributed by atoms with Crippen molar-refractivity contribution in [3.8, 4) is 16.5 Å². The maximum atomic E-state index is 8.93. The number of hydrogen-bond acceptors (Lipinski definition) is 4. The number of halogens is 1. The summed E-state index contributed by atoms with van der Waals surface area (Å²) >= 11 is 6.40. The highest BCUT2D eigenvalue weighted by Crippen LogP contribution is 2.38. The van der Waals surface area contributed by atoms with E-state index in [-0.39, 0.29) is 0 Å². The lowest BCUT2D eigenvalue weighted by Crippen LogP contribution is -1.83. The summed E-state index contributed by atoms with van der Waals surface area (Å²) in [6, 6.07) is 6.08.